The molecule has 2 aromatic carbocycles. The Morgan fingerprint density at radius 2 is 1.81 bits per heavy atom. The number of likely N-dealkylation sites (tertiary alicyclic amines) is 1. The summed E-state index contributed by atoms with van der Waals surface area (Å²) >= 11 is 0. The molecule has 21 heavy (non-hydrogen) atoms. The largest absolute Gasteiger partial charge is 0.322 e. The van der Waals surface area contributed by atoms with Crippen molar-refractivity contribution in [2.75, 3.05) is 11.9 Å². The van der Waals surface area contributed by atoms with Crippen molar-refractivity contribution in [2.24, 2.45) is 0 Å². The molecule has 0 radical (unpaired) electrons. The van der Waals surface area contributed by atoms with E-state index >= 15 is 0 Å². The zero-order valence-electron chi connectivity index (χ0n) is 12.3. The first-order valence-electron chi connectivity index (χ1n) is 7.43. The van der Waals surface area contributed by atoms with Gasteiger partial charge in [-0.1, -0.05) is 48.0 Å². The Hall–Kier alpha value is -2.29. The molecule has 3 heteroatoms. The molecule has 1 saturated heterocycles. The van der Waals surface area contributed by atoms with Gasteiger partial charge in [0.2, 0.25) is 0 Å². The van der Waals surface area contributed by atoms with Crippen LogP contribution in [0.1, 0.15) is 30.0 Å². The molecule has 0 aliphatic carbocycles. The summed E-state index contributed by atoms with van der Waals surface area (Å²) in [4.78, 5) is 14.4. The van der Waals surface area contributed by atoms with Crippen molar-refractivity contribution in [2.45, 2.75) is 25.8 Å². The fourth-order valence-electron chi connectivity index (χ4n) is 2.86. The lowest BCUT2D eigenvalue weighted by molar-refractivity contribution is 0.207. The van der Waals surface area contributed by atoms with Crippen LogP contribution in [0.2, 0.25) is 0 Å². The number of hydrogen-bond acceptors (Lipinski definition) is 1. The number of nitrogens with one attached hydrogen (secondary N) is 1. The molecule has 0 spiro atoms. The lowest BCUT2D eigenvalue weighted by atomic mass is 10.0. The summed E-state index contributed by atoms with van der Waals surface area (Å²) < 4.78 is 0. The Bertz CT molecular complexity index is 607. The molecule has 108 valence electrons. The van der Waals surface area contributed by atoms with Gasteiger partial charge in [-0.2, -0.15) is 0 Å². The lowest BCUT2D eigenvalue weighted by Crippen LogP contribution is -2.34. The highest BCUT2D eigenvalue weighted by Crippen LogP contribution is 2.32. The Morgan fingerprint density at radius 3 is 2.52 bits per heavy atom. The fourth-order valence-corrected chi connectivity index (χ4v) is 2.86. The number of hydrogen-bond donors (Lipinski definition) is 1. The van der Waals surface area contributed by atoms with E-state index in [1.54, 1.807) is 0 Å². The van der Waals surface area contributed by atoms with E-state index < -0.39 is 0 Å². The van der Waals surface area contributed by atoms with Crippen LogP contribution in [0, 0.1) is 6.92 Å². The maximum atomic E-state index is 12.5. The second-order valence-corrected chi connectivity index (χ2v) is 5.56. The number of urea groups is 1. The molecule has 1 aliphatic rings. The van der Waals surface area contributed by atoms with Crippen LogP contribution < -0.4 is 5.32 Å². The molecular weight excluding hydrogens is 260 g/mol. The molecule has 0 saturated carbocycles. The Balaban J connectivity index is 1.74. The molecule has 1 fully saturated rings. The van der Waals surface area contributed by atoms with Gasteiger partial charge < -0.3 is 10.2 Å². The van der Waals surface area contributed by atoms with Crippen LogP contribution in [-0.4, -0.2) is 17.5 Å². The molecule has 1 unspecified atom stereocenters. The molecule has 1 aliphatic heterocycles. The maximum Gasteiger partial charge on any atom is 0.322 e. The minimum absolute atomic E-state index is 0.00993. The predicted molar refractivity (Wildman–Crippen MR) is 85.3 cm³/mol. The molecule has 3 rings (SSSR count). The summed E-state index contributed by atoms with van der Waals surface area (Å²) in [5, 5.41) is 2.98. The van der Waals surface area contributed by atoms with Crippen molar-refractivity contribution in [1.29, 1.82) is 0 Å². The van der Waals surface area contributed by atoms with E-state index in [9.17, 15) is 4.79 Å². The van der Waals surface area contributed by atoms with Crippen molar-refractivity contribution >= 4 is 11.7 Å². The summed E-state index contributed by atoms with van der Waals surface area (Å²) in [6.45, 7) is 2.90. The van der Waals surface area contributed by atoms with Gasteiger partial charge in [0, 0.05) is 12.2 Å². The number of aryl methyl sites for hydroxylation is 1. The van der Waals surface area contributed by atoms with Crippen molar-refractivity contribution in [1.82, 2.24) is 4.90 Å². The third-order valence-electron chi connectivity index (χ3n) is 4.00. The molecule has 2 amide bonds. The van der Waals surface area contributed by atoms with Crippen LogP contribution in [0.25, 0.3) is 0 Å². The van der Waals surface area contributed by atoms with Gasteiger partial charge >= 0.3 is 6.03 Å². The van der Waals surface area contributed by atoms with Crippen LogP contribution in [0.3, 0.4) is 0 Å². The molecule has 3 nitrogen and oxygen atoms in total. The zero-order valence-corrected chi connectivity index (χ0v) is 12.3. The Kier molecular flexibility index (Phi) is 3.91. The van der Waals surface area contributed by atoms with E-state index in [1.165, 1.54) is 11.1 Å². The van der Waals surface area contributed by atoms with E-state index in [-0.39, 0.29) is 12.1 Å². The van der Waals surface area contributed by atoms with Crippen molar-refractivity contribution < 1.29 is 4.79 Å². The lowest BCUT2D eigenvalue weighted by Gasteiger charge is -2.25. The third-order valence-corrected chi connectivity index (χ3v) is 4.00. The van der Waals surface area contributed by atoms with E-state index in [4.69, 9.17) is 0 Å². The van der Waals surface area contributed by atoms with Gasteiger partial charge in [0.05, 0.1) is 6.04 Å². The van der Waals surface area contributed by atoms with Gasteiger partial charge in [-0.15, -0.1) is 0 Å². The number of anilines is 1. The molecule has 0 aromatic heterocycles. The predicted octanol–water partition coefficient (Wildman–Crippen LogP) is 4.36. The smallest absolute Gasteiger partial charge is 0.317 e. The highest BCUT2D eigenvalue weighted by atomic mass is 16.2. The number of amides is 2. The quantitative estimate of drug-likeness (QED) is 0.870. The minimum atomic E-state index is -0.00993. The number of rotatable bonds is 2. The van der Waals surface area contributed by atoms with E-state index in [2.05, 4.69) is 36.5 Å². The van der Waals surface area contributed by atoms with Gasteiger partial charge in [0.15, 0.2) is 0 Å². The molecule has 1 N–H and O–H groups in total. The average molecular weight is 280 g/mol. The maximum absolute atomic E-state index is 12.5. The molecule has 1 atom stereocenters. The van der Waals surface area contributed by atoms with Crippen LogP contribution in [-0.2, 0) is 0 Å². The van der Waals surface area contributed by atoms with Gasteiger partial charge in [0.25, 0.3) is 0 Å². The summed E-state index contributed by atoms with van der Waals surface area (Å²) in [7, 11) is 0. The number of para-hydroxylation sites is 1. The first-order valence-corrected chi connectivity index (χ1v) is 7.43. The van der Waals surface area contributed by atoms with Crippen LogP contribution in [0.4, 0.5) is 10.5 Å². The van der Waals surface area contributed by atoms with E-state index in [0.717, 1.165) is 25.1 Å². The second kappa shape index (κ2) is 6.00. The molecule has 2 aromatic rings. The monoisotopic (exact) mass is 280 g/mol. The highest BCUT2D eigenvalue weighted by molar-refractivity contribution is 5.89. The molecular formula is C18H20N2O. The van der Waals surface area contributed by atoms with Crippen molar-refractivity contribution in [3.05, 3.63) is 65.7 Å². The minimum Gasteiger partial charge on any atom is -0.317 e. The number of carbonyl (C=O) groups excluding carboxylic acids is 1. The standard InChI is InChI=1S/C18H20N2O/c1-14-9-11-15(12-10-14)17-8-5-13-20(17)18(21)19-16-6-3-2-4-7-16/h2-4,6-7,9-12,17H,5,8,13H2,1H3,(H,19,21). The number of carbonyl (C=O) groups is 1. The Morgan fingerprint density at radius 1 is 1.10 bits per heavy atom. The number of nitrogens with zero attached hydrogens (tertiary/aromatic N) is 1. The van der Waals surface area contributed by atoms with Gasteiger partial charge in [-0.05, 0) is 37.5 Å². The summed E-state index contributed by atoms with van der Waals surface area (Å²) in [6.07, 6.45) is 2.09. The van der Waals surface area contributed by atoms with Gasteiger partial charge in [0.1, 0.15) is 0 Å². The Labute approximate surface area is 125 Å². The molecule has 1 heterocycles. The van der Waals surface area contributed by atoms with E-state index in [0.29, 0.717) is 0 Å². The van der Waals surface area contributed by atoms with E-state index in [1.807, 2.05) is 35.2 Å². The van der Waals surface area contributed by atoms with Crippen LogP contribution in [0.15, 0.2) is 54.6 Å². The number of benzene rings is 2. The first-order chi connectivity index (χ1) is 10.2. The summed E-state index contributed by atoms with van der Waals surface area (Å²) in [5.74, 6) is 0. The topological polar surface area (TPSA) is 32.3 Å². The van der Waals surface area contributed by atoms with Gasteiger partial charge in [-0.25, -0.2) is 4.79 Å². The first kappa shape index (κ1) is 13.7. The van der Waals surface area contributed by atoms with Crippen LogP contribution in [0.5, 0.6) is 0 Å². The van der Waals surface area contributed by atoms with Crippen molar-refractivity contribution in [3.63, 3.8) is 0 Å². The SMILES string of the molecule is Cc1ccc(C2CCCN2C(=O)Nc2ccccc2)cc1. The fraction of sp³-hybridized carbons (Fsp3) is 0.278. The van der Waals surface area contributed by atoms with Gasteiger partial charge in [-0.3, -0.25) is 0 Å². The second-order valence-electron chi connectivity index (χ2n) is 5.56. The normalized spacial score (nSPS) is 17.8. The van der Waals surface area contributed by atoms with Crippen LogP contribution >= 0.6 is 0 Å². The summed E-state index contributed by atoms with van der Waals surface area (Å²) in [6, 6.07) is 18.3. The third kappa shape index (κ3) is 3.07. The summed E-state index contributed by atoms with van der Waals surface area (Å²) in [5.41, 5.74) is 3.32. The average Bonchev–Trinajstić information content (AvgIpc) is 2.98. The zero-order chi connectivity index (χ0) is 14.7. The highest BCUT2D eigenvalue weighted by Gasteiger charge is 2.29. The molecule has 0 bridgehead atoms. The van der Waals surface area contributed by atoms with Crippen molar-refractivity contribution in [3.8, 4) is 0 Å².